The van der Waals surface area contributed by atoms with E-state index in [9.17, 15) is 4.79 Å². The van der Waals surface area contributed by atoms with Crippen molar-refractivity contribution in [2.45, 2.75) is 20.3 Å². The maximum atomic E-state index is 12.3. The topological polar surface area (TPSA) is 59.9 Å². The lowest BCUT2D eigenvalue weighted by Gasteiger charge is -2.11. The standard InChI is InChI=1S/C23H24N2O3/c1-3-15-28-22-14-11-17-7-5-6-8-20(17)21(22)16-24-25-23(26)18-9-12-19(13-10-18)27-4-2/h5-14,16H,3-4,15H2,1-2H3,(H,25,26)/b24-16+. The van der Waals surface area contributed by atoms with E-state index in [0.29, 0.717) is 18.8 Å². The van der Waals surface area contributed by atoms with Crippen molar-refractivity contribution in [3.63, 3.8) is 0 Å². The lowest BCUT2D eigenvalue weighted by molar-refractivity contribution is 0.0955. The SMILES string of the molecule is CCCOc1ccc2ccccc2c1/C=N/NC(=O)c1ccc(OCC)cc1. The summed E-state index contributed by atoms with van der Waals surface area (Å²) in [4.78, 5) is 12.3. The average molecular weight is 376 g/mol. The van der Waals surface area contributed by atoms with Crippen LogP contribution in [0.4, 0.5) is 0 Å². The molecule has 0 radical (unpaired) electrons. The minimum absolute atomic E-state index is 0.282. The van der Waals surface area contributed by atoms with Crippen LogP contribution in [-0.2, 0) is 0 Å². The number of carbonyl (C=O) groups excluding carboxylic acids is 1. The van der Waals surface area contributed by atoms with E-state index in [1.54, 1.807) is 30.5 Å². The molecule has 0 atom stereocenters. The molecule has 0 aliphatic rings. The summed E-state index contributed by atoms with van der Waals surface area (Å²) in [5, 5.41) is 6.27. The fraction of sp³-hybridized carbons (Fsp3) is 0.217. The van der Waals surface area contributed by atoms with Gasteiger partial charge in [-0.1, -0.05) is 37.3 Å². The number of amides is 1. The van der Waals surface area contributed by atoms with E-state index < -0.39 is 0 Å². The molecule has 0 aliphatic carbocycles. The van der Waals surface area contributed by atoms with Crippen LogP contribution in [0.3, 0.4) is 0 Å². The van der Waals surface area contributed by atoms with Crippen molar-refractivity contribution in [1.82, 2.24) is 5.43 Å². The first-order valence-corrected chi connectivity index (χ1v) is 9.43. The Hall–Kier alpha value is -3.34. The first-order valence-electron chi connectivity index (χ1n) is 9.43. The van der Waals surface area contributed by atoms with Crippen molar-refractivity contribution in [1.29, 1.82) is 0 Å². The Morgan fingerprint density at radius 2 is 1.79 bits per heavy atom. The van der Waals surface area contributed by atoms with E-state index in [0.717, 1.165) is 34.3 Å². The molecular formula is C23H24N2O3. The molecule has 3 aromatic carbocycles. The Balaban J connectivity index is 1.79. The highest BCUT2D eigenvalue weighted by molar-refractivity contribution is 6.03. The highest BCUT2D eigenvalue weighted by Gasteiger charge is 2.08. The van der Waals surface area contributed by atoms with E-state index in [4.69, 9.17) is 9.47 Å². The van der Waals surface area contributed by atoms with Crippen LogP contribution < -0.4 is 14.9 Å². The van der Waals surface area contributed by atoms with Gasteiger partial charge in [0.1, 0.15) is 11.5 Å². The average Bonchev–Trinajstić information content (AvgIpc) is 2.73. The molecule has 0 heterocycles. The fourth-order valence-corrected chi connectivity index (χ4v) is 2.84. The molecule has 1 N–H and O–H groups in total. The number of nitrogens with one attached hydrogen (secondary N) is 1. The summed E-state index contributed by atoms with van der Waals surface area (Å²) in [6.45, 7) is 5.19. The zero-order chi connectivity index (χ0) is 19.8. The number of ether oxygens (including phenoxy) is 2. The number of nitrogens with zero attached hydrogens (tertiary/aromatic N) is 1. The summed E-state index contributed by atoms with van der Waals surface area (Å²) < 4.78 is 11.2. The number of fused-ring (bicyclic) bond motifs is 1. The molecule has 1 amide bonds. The van der Waals surface area contributed by atoms with Crippen molar-refractivity contribution in [3.05, 3.63) is 71.8 Å². The van der Waals surface area contributed by atoms with Gasteiger partial charge in [0.25, 0.3) is 5.91 Å². The second kappa shape index (κ2) is 9.55. The van der Waals surface area contributed by atoms with Gasteiger partial charge in [-0.25, -0.2) is 5.43 Å². The summed E-state index contributed by atoms with van der Waals surface area (Å²) in [7, 11) is 0. The molecular weight excluding hydrogens is 352 g/mol. The molecule has 0 unspecified atom stereocenters. The molecule has 0 aliphatic heterocycles. The lowest BCUT2D eigenvalue weighted by Crippen LogP contribution is -2.17. The second-order valence-electron chi connectivity index (χ2n) is 6.20. The third-order valence-electron chi connectivity index (χ3n) is 4.18. The van der Waals surface area contributed by atoms with Gasteiger partial charge in [0.05, 0.1) is 19.4 Å². The van der Waals surface area contributed by atoms with Crippen molar-refractivity contribution in [2.75, 3.05) is 13.2 Å². The van der Waals surface area contributed by atoms with Crippen molar-refractivity contribution < 1.29 is 14.3 Å². The van der Waals surface area contributed by atoms with Gasteiger partial charge in [-0.2, -0.15) is 5.10 Å². The molecule has 144 valence electrons. The van der Waals surface area contributed by atoms with Gasteiger partial charge in [-0.3, -0.25) is 4.79 Å². The summed E-state index contributed by atoms with van der Waals surface area (Å²) >= 11 is 0. The largest absolute Gasteiger partial charge is 0.494 e. The Kier molecular flexibility index (Phi) is 6.63. The summed E-state index contributed by atoms with van der Waals surface area (Å²) in [6, 6.07) is 18.9. The molecule has 0 bridgehead atoms. The highest BCUT2D eigenvalue weighted by atomic mass is 16.5. The smallest absolute Gasteiger partial charge is 0.271 e. The van der Waals surface area contributed by atoms with Crippen LogP contribution in [0.1, 0.15) is 36.2 Å². The number of hydrazone groups is 1. The first-order chi connectivity index (χ1) is 13.7. The lowest BCUT2D eigenvalue weighted by atomic mass is 10.0. The molecule has 3 aromatic rings. The Bertz CT molecular complexity index is 965. The maximum Gasteiger partial charge on any atom is 0.271 e. The molecule has 28 heavy (non-hydrogen) atoms. The summed E-state index contributed by atoms with van der Waals surface area (Å²) in [6.07, 6.45) is 2.55. The molecule has 0 spiro atoms. The van der Waals surface area contributed by atoms with Gasteiger partial charge in [0.2, 0.25) is 0 Å². The van der Waals surface area contributed by atoms with E-state index in [-0.39, 0.29) is 5.91 Å². The summed E-state index contributed by atoms with van der Waals surface area (Å²) in [5.74, 6) is 1.20. The van der Waals surface area contributed by atoms with Crippen LogP contribution in [0.5, 0.6) is 11.5 Å². The number of rotatable bonds is 8. The van der Waals surface area contributed by atoms with Crippen LogP contribution in [0.2, 0.25) is 0 Å². The van der Waals surface area contributed by atoms with E-state index in [1.807, 2.05) is 43.3 Å². The van der Waals surface area contributed by atoms with Crippen LogP contribution in [0.15, 0.2) is 65.8 Å². The van der Waals surface area contributed by atoms with Crippen LogP contribution in [-0.4, -0.2) is 25.3 Å². The van der Waals surface area contributed by atoms with Crippen LogP contribution in [0.25, 0.3) is 10.8 Å². The molecule has 0 aromatic heterocycles. The number of carbonyl (C=O) groups is 1. The monoisotopic (exact) mass is 376 g/mol. The second-order valence-corrected chi connectivity index (χ2v) is 6.20. The predicted octanol–water partition coefficient (Wildman–Crippen LogP) is 4.79. The van der Waals surface area contributed by atoms with Gasteiger partial charge in [0.15, 0.2) is 0 Å². The molecule has 0 saturated heterocycles. The van der Waals surface area contributed by atoms with E-state index in [1.165, 1.54) is 0 Å². The van der Waals surface area contributed by atoms with Crippen LogP contribution >= 0.6 is 0 Å². The predicted molar refractivity (Wildman–Crippen MR) is 112 cm³/mol. The van der Waals surface area contributed by atoms with Gasteiger partial charge in [0, 0.05) is 11.1 Å². The molecule has 0 fully saturated rings. The normalized spacial score (nSPS) is 10.9. The fourth-order valence-electron chi connectivity index (χ4n) is 2.84. The van der Waals surface area contributed by atoms with Crippen molar-refractivity contribution in [2.24, 2.45) is 5.10 Å². The molecule has 3 rings (SSSR count). The Morgan fingerprint density at radius 3 is 2.54 bits per heavy atom. The zero-order valence-corrected chi connectivity index (χ0v) is 16.1. The number of benzene rings is 3. The molecule has 5 heteroatoms. The van der Waals surface area contributed by atoms with E-state index in [2.05, 4.69) is 17.5 Å². The zero-order valence-electron chi connectivity index (χ0n) is 16.1. The third-order valence-corrected chi connectivity index (χ3v) is 4.18. The van der Waals surface area contributed by atoms with Crippen molar-refractivity contribution >= 4 is 22.9 Å². The Labute approximate surface area is 165 Å². The first kappa shape index (κ1) is 19.4. The summed E-state index contributed by atoms with van der Waals surface area (Å²) in [5.41, 5.74) is 3.94. The number of hydrogen-bond acceptors (Lipinski definition) is 4. The Morgan fingerprint density at radius 1 is 1.00 bits per heavy atom. The quantitative estimate of drug-likeness (QED) is 0.454. The van der Waals surface area contributed by atoms with Gasteiger partial charge < -0.3 is 9.47 Å². The minimum atomic E-state index is -0.282. The van der Waals surface area contributed by atoms with Gasteiger partial charge >= 0.3 is 0 Å². The minimum Gasteiger partial charge on any atom is -0.494 e. The van der Waals surface area contributed by atoms with Gasteiger partial charge in [-0.15, -0.1) is 0 Å². The maximum absolute atomic E-state index is 12.3. The third kappa shape index (κ3) is 4.68. The van der Waals surface area contributed by atoms with Gasteiger partial charge in [-0.05, 0) is 54.4 Å². The number of hydrogen-bond donors (Lipinski definition) is 1. The van der Waals surface area contributed by atoms with Crippen LogP contribution in [0, 0.1) is 0 Å². The van der Waals surface area contributed by atoms with Crippen molar-refractivity contribution in [3.8, 4) is 11.5 Å². The molecule has 0 saturated carbocycles. The van der Waals surface area contributed by atoms with E-state index >= 15 is 0 Å². The highest BCUT2D eigenvalue weighted by Crippen LogP contribution is 2.26. The molecule has 5 nitrogen and oxygen atoms in total.